The second-order valence-corrected chi connectivity index (χ2v) is 7.06. The van der Waals surface area contributed by atoms with Gasteiger partial charge in [0.2, 0.25) is 5.91 Å². The smallest absolute Gasteiger partial charge is 0.324 e. The van der Waals surface area contributed by atoms with Crippen molar-refractivity contribution in [2.24, 2.45) is 0 Å². The number of likely N-dealkylation sites (N-methyl/N-ethyl adjacent to an activating group) is 2. The summed E-state index contributed by atoms with van der Waals surface area (Å²) in [6, 6.07) is 0.346. The summed E-state index contributed by atoms with van der Waals surface area (Å²) in [5.74, 6) is 0.242. The Morgan fingerprint density at radius 2 is 1.88 bits per heavy atom. The Morgan fingerprint density at radius 1 is 1.08 bits per heavy atom. The van der Waals surface area contributed by atoms with E-state index in [1.54, 1.807) is 16.0 Å². The molecule has 3 aliphatic heterocycles. The van der Waals surface area contributed by atoms with Gasteiger partial charge in [0, 0.05) is 53.0 Å². The average Bonchev–Trinajstić information content (AvgIpc) is 3.10. The zero-order chi connectivity index (χ0) is 16.8. The predicted octanol–water partition coefficient (Wildman–Crippen LogP) is 0.232. The van der Waals surface area contributed by atoms with Crippen LogP contribution >= 0.6 is 0 Å². The van der Waals surface area contributed by atoms with Gasteiger partial charge in [-0.1, -0.05) is 0 Å². The third-order valence-electron chi connectivity index (χ3n) is 5.45. The highest BCUT2D eigenvalue weighted by molar-refractivity contribution is 5.93. The normalized spacial score (nSPS) is 26.4. The van der Waals surface area contributed by atoms with Gasteiger partial charge in [-0.05, 0) is 12.8 Å². The van der Waals surface area contributed by atoms with E-state index in [2.05, 4.69) is 10.00 Å². The molecular formula is C16H24N6O2. The molecule has 0 saturated carbocycles. The number of nitrogens with zero attached hydrogens (tertiary/aromatic N) is 6. The molecule has 1 aromatic heterocycles. The Hall–Kier alpha value is -2.09. The highest BCUT2D eigenvalue weighted by Crippen LogP contribution is 2.29. The number of amides is 3. The van der Waals surface area contributed by atoms with Crippen LogP contribution in [0.5, 0.6) is 0 Å². The number of urea groups is 1. The molecule has 8 nitrogen and oxygen atoms in total. The summed E-state index contributed by atoms with van der Waals surface area (Å²) in [4.78, 5) is 31.9. The Balaban J connectivity index is 1.38. The van der Waals surface area contributed by atoms with Gasteiger partial charge in [0.1, 0.15) is 0 Å². The Bertz CT molecular complexity index is 653. The molecule has 130 valence electrons. The van der Waals surface area contributed by atoms with Gasteiger partial charge in [0.25, 0.3) is 0 Å². The molecule has 4 heterocycles. The van der Waals surface area contributed by atoms with E-state index >= 15 is 0 Å². The van der Waals surface area contributed by atoms with E-state index in [-0.39, 0.29) is 24.0 Å². The van der Waals surface area contributed by atoms with Crippen molar-refractivity contribution < 1.29 is 9.59 Å². The molecule has 1 atom stereocenters. The number of rotatable bonds is 3. The molecular weight excluding hydrogens is 308 g/mol. The monoisotopic (exact) mass is 332 g/mol. The molecule has 3 aliphatic rings. The largest absolute Gasteiger partial charge is 0.344 e. The topological polar surface area (TPSA) is 64.9 Å². The second kappa shape index (κ2) is 5.77. The van der Waals surface area contributed by atoms with Crippen LogP contribution in [0, 0.1) is 0 Å². The SMILES string of the molecule is CN1CCCC(N2CC(n3cc(N4CCN(C)C4=O)cn3)C2)C1=O. The summed E-state index contributed by atoms with van der Waals surface area (Å²) in [5.41, 5.74) is 0.858. The number of hydrogen-bond donors (Lipinski definition) is 0. The second-order valence-electron chi connectivity index (χ2n) is 7.06. The molecule has 0 radical (unpaired) electrons. The minimum Gasteiger partial charge on any atom is -0.344 e. The van der Waals surface area contributed by atoms with Gasteiger partial charge in [-0.15, -0.1) is 0 Å². The van der Waals surface area contributed by atoms with Crippen molar-refractivity contribution in [3.05, 3.63) is 12.4 Å². The number of carbonyl (C=O) groups is 2. The fraction of sp³-hybridized carbons (Fsp3) is 0.688. The van der Waals surface area contributed by atoms with E-state index in [9.17, 15) is 9.59 Å². The fourth-order valence-corrected chi connectivity index (χ4v) is 3.81. The van der Waals surface area contributed by atoms with E-state index < -0.39 is 0 Å². The lowest BCUT2D eigenvalue weighted by atomic mass is 9.98. The summed E-state index contributed by atoms with van der Waals surface area (Å²) in [7, 11) is 3.70. The molecule has 0 spiro atoms. The van der Waals surface area contributed by atoms with Gasteiger partial charge in [0.15, 0.2) is 0 Å². The minimum absolute atomic E-state index is 0.0284. The van der Waals surface area contributed by atoms with E-state index in [4.69, 9.17) is 0 Å². The zero-order valence-electron chi connectivity index (χ0n) is 14.3. The fourth-order valence-electron chi connectivity index (χ4n) is 3.81. The quantitative estimate of drug-likeness (QED) is 0.795. The van der Waals surface area contributed by atoms with E-state index in [0.717, 1.165) is 44.7 Å². The van der Waals surface area contributed by atoms with Crippen LogP contribution in [0.25, 0.3) is 0 Å². The van der Waals surface area contributed by atoms with Crippen LogP contribution < -0.4 is 4.90 Å². The molecule has 0 N–H and O–H groups in total. The Morgan fingerprint density at radius 3 is 2.58 bits per heavy atom. The maximum Gasteiger partial charge on any atom is 0.324 e. The summed E-state index contributed by atoms with van der Waals surface area (Å²) in [5, 5.41) is 4.44. The van der Waals surface area contributed by atoms with Crippen LogP contribution in [0.3, 0.4) is 0 Å². The first kappa shape index (κ1) is 15.4. The molecule has 24 heavy (non-hydrogen) atoms. The van der Waals surface area contributed by atoms with Crippen molar-refractivity contribution >= 4 is 17.6 Å². The maximum atomic E-state index is 12.3. The lowest BCUT2D eigenvalue weighted by Gasteiger charge is -2.46. The number of anilines is 1. The van der Waals surface area contributed by atoms with Gasteiger partial charge in [-0.2, -0.15) is 5.10 Å². The molecule has 3 saturated heterocycles. The van der Waals surface area contributed by atoms with Gasteiger partial charge in [0.05, 0.1) is 24.0 Å². The molecule has 3 fully saturated rings. The maximum absolute atomic E-state index is 12.3. The third kappa shape index (κ3) is 2.45. The molecule has 1 aromatic rings. The minimum atomic E-state index is 0.0284. The van der Waals surface area contributed by atoms with Crippen LogP contribution in [-0.4, -0.2) is 89.3 Å². The molecule has 1 unspecified atom stereocenters. The summed E-state index contributed by atoms with van der Waals surface area (Å²) in [6.45, 7) is 4.02. The van der Waals surface area contributed by atoms with Crippen molar-refractivity contribution in [3.8, 4) is 0 Å². The van der Waals surface area contributed by atoms with E-state index in [0.29, 0.717) is 6.54 Å². The molecule has 0 aromatic carbocycles. The summed E-state index contributed by atoms with van der Waals surface area (Å²) >= 11 is 0. The van der Waals surface area contributed by atoms with Crippen molar-refractivity contribution in [1.29, 1.82) is 0 Å². The lowest BCUT2D eigenvalue weighted by Crippen LogP contribution is -2.59. The first-order valence-corrected chi connectivity index (χ1v) is 8.60. The molecule has 0 aliphatic carbocycles. The van der Waals surface area contributed by atoms with Gasteiger partial charge in [-0.25, -0.2) is 4.79 Å². The van der Waals surface area contributed by atoms with Crippen molar-refractivity contribution in [1.82, 2.24) is 24.5 Å². The van der Waals surface area contributed by atoms with Crippen LogP contribution in [-0.2, 0) is 4.79 Å². The van der Waals surface area contributed by atoms with Crippen molar-refractivity contribution in [3.63, 3.8) is 0 Å². The highest BCUT2D eigenvalue weighted by Gasteiger charge is 2.40. The van der Waals surface area contributed by atoms with Crippen LogP contribution in [0.4, 0.5) is 10.5 Å². The number of carbonyl (C=O) groups excluding carboxylic acids is 2. The van der Waals surface area contributed by atoms with Crippen LogP contribution in [0.2, 0.25) is 0 Å². The highest BCUT2D eigenvalue weighted by atomic mass is 16.2. The molecule has 4 rings (SSSR count). The van der Waals surface area contributed by atoms with Crippen molar-refractivity contribution in [2.45, 2.75) is 24.9 Å². The van der Waals surface area contributed by atoms with Crippen LogP contribution in [0.1, 0.15) is 18.9 Å². The number of piperidine rings is 1. The van der Waals surface area contributed by atoms with Gasteiger partial charge < -0.3 is 9.80 Å². The lowest BCUT2D eigenvalue weighted by molar-refractivity contribution is -0.141. The van der Waals surface area contributed by atoms with Gasteiger partial charge in [-0.3, -0.25) is 19.3 Å². The third-order valence-corrected chi connectivity index (χ3v) is 5.45. The van der Waals surface area contributed by atoms with Gasteiger partial charge >= 0.3 is 6.03 Å². The van der Waals surface area contributed by atoms with E-state index in [1.807, 2.05) is 29.9 Å². The number of likely N-dealkylation sites (tertiary alicyclic amines) is 2. The standard InChI is InChI=1S/C16H24N6O2/c1-18-5-3-4-14(15(18)23)20-9-13(10-20)22-11-12(8-17-22)21-7-6-19(2)16(21)24/h8,11,13-14H,3-7,9-10H2,1-2H3. The van der Waals surface area contributed by atoms with E-state index in [1.165, 1.54) is 0 Å². The number of hydrogen-bond acceptors (Lipinski definition) is 4. The molecule has 8 heteroatoms. The number of aromatic nitrogens is 2. The zero-order valence-corrected chi connectivity index (χ0v) is 14.3. The predicted molar refractivity (Wildman–Crippen MR) is 88.9 cm³/mol. The van der Waals surface area contributed by atoms with Crippen LogP contribution in [0.15, 0.2) is 12.4 Å². The Kier molecular flexibility index (Phi) is 3.71. The summed E-state index contributed by atoms with van der Waals surface area (Å²) in [6.07, 6.45) is 5.74. The molecule has 3 amide bonds. The summed E-state index contributed by atoms with van der Waals surface area (Å²) < 4.78 is 1.94. The first-order valence-electron chi connectivity index (χ1n) is 8.60. The average molecular weight is 332 g/mol. The first-order chi connectivity index (χ1) is 11.5. The van der Waals surface area contributed by atoms with Crippen molar-refractivity contribution in [2.75, 3.05) is 51.7 Å². The Labute approximate surface area is 141 Å². The molecule has 0 bridgehead atoms.